The number of rotatable bonds is 5. The lowest BCUT2D eigenvalue weighted by atomic mass is 10.2. The summed E-state index contributed by atoms with van der Waals surface area (Å²) >= 11 is 0. The molecule has 3 N–H and O–H groups in total. The molecule has 1 saturated carbocycles. The van der Waals surface area contributed by atoms with Crippen LogP contribution in [0, 0.1) is 5.92 Å². The van der Waals surface area contributed by atoms with Crippen LogP contribution in [0.15, 0.2) is 36.9 Å². The summed E-state index contributed by atoms with van der Waals surface area (Å²) in [6.45, 7) is 0.515. The maximum atomic E-state index is 12.0. The van der Waals surface area contributed by atoms with Gasteiger partial charge >= 0.3 is 0 Å². The molecular weight excluding hydrogens is 325 g/mol. The van der Waals surface area contributed by atoms with Crippen molar-refractivity contribution in [2.45, 2.75) is 18.9 Å². The first-order valence-corrected chi connectivity index (χ1v) is 6.73. The molecule has 0 spiro atoms. The van der Waals surface area contributed by atoms with E-state index in [1.165, 1.54) is 12.8 Å². The van der Waals surface area contributed by atoms with E-state index in [1.54, 1.807) is 29.5 Å². The highest BCUT2D eigenvalue weighted by Gasteiger charge is 2.28. The highest BCUT2D eigenvalue weighted by molar-refractivity contribution is 5.93. The molecule has 6 nitrogen and oxygen atoms in total. The fourth-order valence-electron chi connectivity index (χ4n) is 2.07. The second-order valence-corrected chi connectivity index (χ2v) is 5.10. The predicted octanol–water partition coefficient (Wildman–Crippen LogP) is 1.58. The second-order valence-electron chi connectivity index (χ2n) is 5.10. The number of carbonyl (C=O) groups is 1. The van der Waals surface area contributed by atoms with Gasteiger partial charge in [0.25, 0.3) is 5.91 Å². The highest BCUT2D eigenvalue weighted by atomic mass is 35.5. The molecule has 2 heterocycles. The third-order valence-corrected chi connectivity index (χ3v) is 3.48. The molecule has 0 aliphatic heterocycles. The van der Waals surface area contributed by atoms with Crippen molar-refractivity contribution < 1.29 is 4.79 Å². The summed E-state index contributed by atoms with van der Waals surface area (Å²) in [7, 11) is 0. The average molecular weight is 344 g/mol. The van der Waals surface area contributed by atoms with Crippen LogP contribution in [0.1, 0.15) is 23.2 Å². The van der Waals surface area contributed by atoms with E-state index in [0.29, 0.717) is 18.0 Å². The molecule has 2 aromatic rings. The minimum Gasteiger partial charge on any atom is -0.350 e. The Morgan fingerprint density at radius 1 is 1.41 bits per heavy atom. The van der Waals surface area contributed by atoms with E-state index in [9.17, 15) is 4.79 Å². The molecule has 0 radical (unpaired) electrons. The molecule has 22 heavy (non-hydrogen) atoms. The lowest BCUT2D eigenvalue weighted by Crippen LogP contribution is -2.38. The zero-order valence-electron chi connectivity index (χ0n) is 11.9. The van der Waals surface area contributed by atoms with Crippen LogP contribution >= 0.6 is 24.8 Å². The Kier molecular flexibility index (Phi) is 6.80. The second kappa shape index (κ2) is 8.12. The fraction of sp³-hybridized carbons (Fsp3) is 0.357. The van der Waals surface area contributed by atoms with Crippen molar-refractivity contribution in [1.29, 1.82) is 0 Å². The molecule has 8 heteroatoms. The van der Waals surface area contributed by atoms with Crippen molar-refractivity contribution in [3.63, 3.8) is 0 Å². The van der Waals surface area contributed by atoms with Crippen molar-refractivity contribution in [2.24, 2.45) is 11.7 Å². The third kappa shape index (κ3) is 4.43. The molecule has 3 rings (SSSR count). The van der Waals surface area contributed by atoms with Gasteiger partial charge in [0.1, 0.15) is 0 Å². The molecule has 2 aromatic heterocycles. The van der Waals surface area contributed by atoms with Gasteiger partial charge in [-0.2, -0.15) is 5.10 Å². The number of nitrogens with two attached hydrogens (primary N) is 1. The Labute approximate surface area is 141 Å². The van der Waals surface area contributed by atoms with Gasteiger partial charge in [0.2, 0.25) is 0 Å². The van der Waals surface area contributed by atoms with Crippen molar-refractivity contribution >= 4 is 30.7 Å². The number of nitrogens with one attached hydrogen (secondary N) is 1. The van der Waals surface area contributed by atoms with Crippen molar-refractivity contribution in [2.75, 3.05) is 6.54 Å². The van der Waals surface area contributed by atoms with Crippen LogP contribution in [0.3, 0.4) is 0 Å². The largest absolute Gasteiger partial charge is 0.350 e. The Morgan fingerprint density at radius 2 is 2.18 bits per heavy atom. The van der Waals surface area contributed by atoms with Gasteiger partial charge in [-0.25, -0.2) is 4.68 Å². The normalized spacial score (nSPS) is 14.4. The molecule has 1 unspecified atom stereocenters. The lowest BCUT2D eigenvalue weighted by Gasteiger charge is -2.10. The van der Waals surface area contributed by atoms with Crippen molar-refractivity contribution in [3.8, 4) is 5.69 Å². The zero-order valence-corrected chi connectivity index (χ0v) is 13.5. The standard InChI is InChI=1S/C14H17N5O.2ClH/c15-13(10-3-4-10)8-17-14(20)11-6-18-19(9-11)12-2-1-5-16-7-12;;/h1-2,5-7,9-10,13H,3-4,8,15H2,(H,17,20);2*1H. The molecule has 1 amide bonds. The van der Waals surface area contributed by atoms with Crippen LogP contribution in [0.4, 0.5) is 0 Å². The molecule has 0 bridgehead atoms. The highest BCUT2D eigenvalue weighted by Crippen LogP contribution is 2.31. The quantitative estimate of drug-likeness (QED) is 0.862. The van der Waals surface area contributed by atoms with Crippen LogP contribution in [0.2, 0.25) is 0 Å². The lowest BCUT2D eigenvalue weighted by molar-refractivity contribution is 0.0950. The molecule has 1 fully saturated rings. The SMILES string of the molecule is Cl.Cl.NC(CNC(=O)c1cnn(-c2cccnc2)c1)C1CC1. The molecule has 120 valence electrons. The molecular formula is C14H19Cl2N5O. The van der Waals surface area contributed by atoms with Gasteiger partial charge in [0.05, 0.1) is 23.6 Å². The number of hydrogen-bond donors (Lipinski definition) is 2. The van der Waals surface area contributed by atoms with Crippen LogP contribution in [0.5, 0.6) is 0 Å². The van der Waals surface area contributed by atoms with Crippen molar-refractivity contribution in [3.05, 3.63) is 42.5 Å². The summed E-state index contributed by atoms with van der Waals surface area (Å²) in [6, 6.07) is 3.77. The molecule has 0 saturated heterocycles. The van der Waals surface area contributed by atoms with Crippen LogP contribution in [-0.2, 0) is 0 Å². The molecule has 1 atom stereocenters. The summed E-state index contributed by atoms with van der Waals surface area (Å²) in [5, 5.41) is 7.02. The van der Waals surface area contributed by atoms with E-state index in [1.807, 2.05) is 12.1 Å². The summed E-state index contributed by atoms with van der Waals surface area (Å²) in [6.07, 6.45) is 8.98. The van der Waals surface area contributed by atoms with Gasteiger partial charge in [0.15, 0.2) is 0 Å². The fourth-order valence-corrected chi connectivity index (χ4v) is 2.07. The maximum Gasteiger partial charge on any atom is 0.254 e. The molecule has 1 aliphatic carbocycles. The smallest absolute Gasteiger partial charge is 0.254 e. The van der Waals surface area contributed by atoms with Crippen molar-refractivity contribution in [1.82, 2.24) is 20.1 Å². The van der Waals surface area contributed by atoms with E-state index in [4.69, 9.17) is 5.73 Å². The minimum absolute atomic E-state index is 0. The van der Waals surface area contributed by atoms with Gasteiger partial charge in [0, 0.05) is 25.0 Å². The number of halogens is 2. The number of aromatic nitrogens is 3. The van der Waals surface area contributed by atoms with Gasteiger partial charge < -0.3 is 11.1 Å². The van der Waals surface area contributed by atoms with Crippen LogP contribution < -0.4 is 11.1 Å². The summed E-state index contributed by atoms with van der Waals surface area (Å²) < 4.78 is 1.63. The summed E-state index contributed by atoms with van der Waals surface area (Å²) in [4.78, 5) is 16.0. The maximum absolute atomic E-state index is 12.0. The monoisotopic (exact) mass is 343 g/mol. The van der Waals surface area contributed by atoms with E-state index in [0.717, 1.165) is 5.69 Å². The number of hydrogen-bond acceptors (Lipinski definition) is 4. The number of nitrogens with zero attached hydrogens (tertiary/aromatic N) is 3. The van der Waals surface area contributed by atoms with Gasteiger partial charge in [-0.05, 0) is 30.9 Å². The number of amides is 1. The van der Waals surface area contributed by atoms with E-state index in [2.05, 4.69) is 15.4 Å². The Hall–Kier alpha value is -1.63. The minimum atomic E-state index is -0.142. The molecule has 0 aromatic carbocycles. The van der Waals surface area contributed by atoms with E-state index < -0.39 is 0 Å². The van der Waals surface area contributed by atoms with Gasteiger partial charge in [-0.15, -0.1) is 24.8 Å². The average Bonchev–Trinajstić information content (AvgIpc) is 3.22. The summed E-state index contributed by atoms with van der Waals surface area (Å²) in [5.74, 6) is 0.435. The first-order valence-electron chi connectivity index (χ1n) is 6.73. The number of carbonyl (C=O) groups excluding carboxylic acids is 1. The van der Waals surface area contributed by atoms with Crippen LogP contribution in [0.25, 0.3) is 5.69 Å². The van der Waals surface area contributed by atoms with E-state index >= 15 is 0 Å². The Bertz CT molecular complexity index is 600. The van der Waals surface area contributed by atoms with Gasteiger partial charge in [-0.3, -0.25) is 9.78 Å². The zero-order chi connectivity index (χ0) is 13.9. The number of pyridine rings is 1. The predicted molar refractivity (Wildman–Crippen MR) is 88.9 cm³/mol. The van der Waals surface area contributed by atoms with Gasteiger partial charge in [-0.1, -0.05) is 0 Å². The van der Waals surface area contributed by atoms with E-state index in [-0.39, 0.29) is 36.8 Å². The third-order valence-electron chi connectivity index (χ3n) is 3.48. The summed E-state index contributed by atoms with van der Waals surface area (Å²) in [5.41, 5.74) is 7.30. The van der Waals surface area contributed by atoms with Crippen LogP contribution in [-0.4, -0.2) is 33.3 Å². The first-order chi connectivity index (χ1) is 9.74. The first kappa shape index (κ1) is 18.4. The topological polar surface area (TPSA) is 85.8 Å². The molecule has 1 aliphatic rings. The Balaban J connectivity index is 0.00000121. The Morgan fingerprint density at radius 3 is 2.82 bits per heavy atom.